The first kappa shape index (κ1) is 15.6. The second-order valence-corrected chi connectivity index (χ2v) is 6.56. The summed E-state index contributed by atoms with van der Waals surface area (Å²) in [4.78, 5) is 36.8. The maximum absolute atomic E-state index is 12.3. The number of fused-ring (bicyclic) bond motifs is 1. The van der Waals surface area contributed by atoms with Crippen molar-refractivity contribution in [2.24, 2.45) is 7.05 Å². The molecule has 6 nitrogen and oxygen atoms in total. The van der Waals surface area contributed by atoms with Crippen molar-refractivity contribution >= 4 is 17.7 Å². The summed E-state index contributed by atoms with van der Waals surface area (Å²) in [6.45, 7) is -0.0984. The smallest absolute Gasteiger partial charge is 0.331 e. The maximum atomic E-state index is 12.3. The molecular formula is C16H17N3O3S. The predicted molar refractivity (Wildman–Crippen MR) is 88.6 cm³/mol. The quantitative estimate of drug-likeness (QED) is 0.907. The Bertz CT molecular complexity index is 856. The third-order valence-corrected chi connectivity index (χ3v) is 4.99. The van der Waals surface area contributed by atoms with Crippen LogP contribution in [0, 0.1) is 0 Å². The molecule has 1 amide bonds. The molecule has 0 fully saturated rings. The number of aromatic nitrogens is 2. The van der Waals surface area contributed by atoms with Crippen molar-refractivity contribution in [2.75, 3.05) is 5.75 Å². The van der Waals surface area contributed by atoms with Crippen molar-refractivity contribution in [2.45, 2.75) is 23.9 Å². The number of carbonyl (C=O) groups is 1. The molecule has 1 aromatic carbocycles. The van der Waals surface area contributed by atoms with E-state index in [9.17, 15) is 14.4 Å². The number of carbonyl (C=O) groups excluding carboxylic acids is 1. The molecule has 2 aromatic rings. The Hall–Kier alpha value is -2.28. The molecule has 1 aromatic heterocycles. The van der Waals surface area contributed by atoms with E-state index in [0.717, 1.165) is 22.3 Å². The van der Waals surface area contributed by atoms with Crippen LogP contribution in [0.3, 0.4) is 0 Å². The van der Waals surface area contributed by atoms with Gasteiger partial charge in [0.15, 0.2) is 0 Å². The average molecular weight is 331 g/mol. The van der Waals surface area contributed by atoms with E-state index in [-0.39, 0.29) is 24.1 Å². The number of benzene rings is 1. The predicted octanol–water partition coefficient (Wildman–Crippen LogP) is 0.900. The molecular weight excluding hydrogens is 314 g/mol. The molecule has 7 heteroatoms. The number of rotatable bonds is 3. The second-order valence-electron chi connectivity index (χ2n) is 5.42. The molecule has 2 heterocycles. The lowest BCUT2D eigenvalue weighted by atomic mass is 10.0. The van der Waals surface area contributed by atoms with E-state index in [1.54, 1.807) is 11.8 Å². The number of hydrogen-bond donors (Lipinski definition) is 1. The molecule has 0 bridgehead atoms. The molecule has 3 rings (SSSR count). The van der Waals surface area contributed by atoms with Gasteiger partial charge in [-0.25, -0.2) is 4.79 Å². The summed E-state index contributed by atoms with van der Waals surface area (Å²) >= 11 is 1.78. The highest BCUT2D eigenvalue weighted by Crippen LogP contribution is 2.35. The summed E-state index contributed by atoms with van der Waals surface area (Å²) in [6.07, 6.45) is 2.21. The van der Waals surface area contributed by atoms with Crippen LogP contribution in [-0.2, 0) is 18.4 Å². The summed E-state index contributed by atoms with van der Waals surface area (Å²) < 4.78 is 2.22. The van der Waals surface area contributed by atoms with E-state index in [1.165, 1.54) is 28.8 Å². The minimum atomic E-state index is -0.493. The monoisotopic (exact) mass is 331 g/mol. The van der Waals surface area contributed by atoms with Crippen LogP contribution in [0.25, 0.3) is 0 Å². The number of thioether (sulfide) groups is 1. The standard InChI is InChI=1S/C16H17N3O3S/c1-18-15(21)6-8-19(16(18)22)10-14(20)17-12-7-9-23-13-5-3-2-4-11(12)13/h2-6,8,12H,7,9-10H2,1H3,(H,17,20)/t12-/m1/s1. The molecule has 0 spiro atoms. The van der Waals surface area contributed by atoms with Crippen LogP contribution in [0.2, 0.25) is 0 Å². The lowest BCUT2D eigenvalue weighted by Gasteiger charge is -2.26. The van der Waals surface area contributed by atoms with Crippen molar-refractivity contribution in [3.8, 4) is 0 Å². The first-order chi connectivity index (χ1) is 11.1. The second kappa shape index (κ2) is 6.45. The Morgan fingerprint density at radius 1 is 1.30 bits per heavy atom. The van der Waals surface area contributed by atoms with Gasteiger partial charge in [0.2, 0.25) is 5.91 Å². The van der Waals surface area contributed by atoms with Crippen LogP contribution in [-0.4, -0.2) is 20.8 Å². The van der Waals surface area contributed by atoms with Crippen LogP contribution in [0.5, 0.6) is 0 Å². The molecule has 1 atom stereocenters. The summed E-state index contributed by atoms with van der Waals surface area (Å²) in [5, 5.41) is 2.99. The number of nitrogens with one attached hydrogen (secondary N) is 1. The third-order valence-electron chi connectivity index (χ3n) is 3.87. The SMILES string of the molecule is Cn1c(=O)ccn(CC(=O)N[C@@H]2CCSc3ccccc32)c1=O. The van der Waals surface area contributed by atoms with E-state index < -0.39 is 5.69 Å². The molecule has 23 heavy (non-hydrogen) atoms. The van der Waals surface area contributed by atoms with Crippen molar-refractivity contribution < 1.29 is 4.79 Å². The normalized spacial score (nSPS) is 16.7. The van der Waals surface area contributed by atoms with Crippen molar-refractivity contribution in [3.05, 3.63) is 62.9 Å². The fraction of sp³-hybridized carbons (Fsp3) is 0.312. The minimum Gasteiger partial charge on any atom is -0.348 e. The molecule has 1 N–H and O–H groups in total. The Balaban J connectivity index is 1.75. The van der Waals surface area contributed by atoms with Gasteiger partial charge in [-0.1, -0.05) is 18.2 Å². The number of amides is 1. The van der Waals surface area contributed by atoms with Crippen molar-refractivity contribution in [1.29, 1.82) is 0 Å². The Kier molecular flexibility index (Phi) is 4.38. The molecule has 1 aliphatic heterocycles. The van der Waals surface area contributed by atoms with Gasteiger partial charge in [-0.3, -0.25) is 18.7 Å². The average Bonchev–Trinajstić information content (AvgIpc) is 2.56. The summed E-state index contributed by atoms with van der Waals surface area (Å²) in [5.41, 5.74) is 0.238. The largest absolute Gasteiger partial charge is 0.348 e. The van der Waals surface area contributed by atoms with Gasteiger partial charge in [0.1, 0.15) is 6.54 Å². The van der Waals surface area contributed by atoms with Gasteiger partial charge in [-0.05, 0) is 18.1 Å². The number of hydrogen-bond acceptors (Lipinski definition) is 4. The van der Waals surface area contributed by atoms with Gasteiger partial charge in [0.25, 0.3) is 5.56 Å². The Morgan fingerprint density at radius 3 is 2.91 bits per heavy atom. The lowest BCUT2D eigenvalue weighted by Crippen LogP contribution is -2.41. The van der Waals surface area contributed by atoms with E-state index >= 15 is 0 Å². The van der Waals surface area contributed by atoms with Gasteiger partial charge < -0.3 is 5.32 Å². The van der Waals surface area contributed by atoms with Gasteiger partial charge in [-0.2, -0.15) is 0 Å². The van der Waals surface area contributed by atoms with Crippen molar-refractivity contribution in [3.63, 3.8) is 0 Å². The minimum absolute atomic E-state index is 0.0387. The van der Waals surface area contributed by atoms with Crippen LogP contribution >= 0.6 is 11.8 Å². The van der Waals surface area contributed by atoms with Gasteiger partial charge in [-0.15, -0.1) is 11.8 Å². The molecule has 0 radical (unpaired) electrons. The van der Waals surface area contributed by atoms with E-state index in [1.807, 2.05) is 18.2 Å². The van der Waals surface area contributed by atoms with Crippen LogP contribution in [0.4, 0.5) is 0 Å². The van der Waals surface area contributed by atoms with E-state index in [4.69, 9.17) is 0 Å². The highest BCUT2D eigenvalue weighted by atomic mass is 32.2. The van der Waals surface area contributed by atoms with Crippen LogP contribution in [0.15, 0.2) is 51.0 Å². The van der Waals surface area contributed by atoms with Crippen LogP contribution in [0.1, 0.15) is 18.0 Å². The highest BCUT2D eigenvalue weighted by molar-refractivity contribution is 7.99. The van der Waals surface area contributed by atoms with Crippen molar-refractivity contribution in [1.82, 2.24) is 14.5 Å². The maximum Gasteiger partial charge on any atom is 0.331 e. The molecule has 0 unspecified atom stereocenters. The van der Waals surface area contributed by atoms with Gasteiger partial charge in [0.05, 0.1) is 6.04 Å². The zero-order chi connectivity index (χ0) is 16.4. The zero-order valence-corrected chi connectivity index (χ0v) is 13.5. The lowest BCUT2D eigenvalue weighted by molar-refractivity contribution is -0.122. The summed E-state index contributed by atoms with van der Waals surface area (Å²) in [5.74, 6) is 0.708. The molecule has 120 valence electrons. The van der Waals surface area contributed by atoms with Gasteiger partial charge in [0, 0.05) is 30.0 Å². The fourth-order valence-electron chi connectivity index (χ4n) is 2.62. The van der Waals surface area contributed by atoms with E-state index in [0.29, 0.717) is 0 Å². The summed E-state index contributed by atoms with van der Waals surface area (Å²) in [6, 6.07) is 9.26. The first-order valence-electron chi connectivity index (χ1n) is 7.34. The third kappa shape index (κ3) is 3.24. The highest BCUT2D eigenvalue weighted by Gasteiger charge is 2.22. The molecule has 1 aliphatic rings. The Labute approximate surface area is 137 Å². The Morgan fingerprint density at radius 2 is 2.09 bits per heavy atom. The molecule has 0 saturated carbocycles. The summed E-state index contributed by atoms with van der Waals surface area (Å²) in [7, 11) is 1.40. The fourth-order valence-corrected chi connectivity index (χ4v) is 3.75. The van der Waals surface area contributed by atoms with Crippen LogP contribution < -0.4 is 16.6 Å². The topological polar surface area (TPSA) is 73.1 Å². The van der Waals surface area contributed by atoms with Gasteiger partial charge >= 0.3 is 5.69 Å². The zero-order valence-electron chi connectivity index (χ0n) is 12.7. The van der Waals surface area contributed by atoms with E-state index in [2.05, 4.69) is 11.4 Å². The molecule has 0 aliphatic carbocycles. The first-order valence-corrected chi connectivity index (χ1v) is 8.32. The molecule has 0 saturated heterocycles. The number of nitrogens with zero attached hydrogens (tertiary/aromatic N) is 2.